The van der Waals surface area contributed by atoms with Crippen LogP contribution < -0.4 is 0 Å². The summed E-state index contributed by atoms with van der Waals surface area (Å²) in [7, 11) is 0. The van der Waals surface area contributed by atoms with Crippen LogP contribution in [0, 0.1) is 0 Å². The van der Waals surface area contributed by atoms with Crippen molar-refractivity contribution in [1.82, 2.24) is 19.5 Å². The summed E-state index contributed by atoms with van der Waals surface area (Å²) in [6.45, 7) is 0. The number of benzene rings is 11. The van der Waals surface area contributed by atoms with Gasteiger partial charge in [-0.25, -0.2) is 15.0 Å². The normalized spacial score (nSPS) is 11.9. The molecule has 14 aromatic rings. The maximum atomic E-state index is 6.55. The van der Waals surface area contributed by atoms with Crippen LogP contribution in [0.4, 0.5) is 0 Å². The number of hydrogen-bond donors (Lipinski definition) is 0. The summed E-state index contributed by atoms with van der Waals surface area (Å²) in [6.07, 6.45) is 0. The molecule has 14 rings (SSSR count). The van der Waals surface area contributed by atoms with Gasteiger partial charge in [0.25, 0.3) is 0 Å². The Morgan fingerprint density at radius 1 is 0.303 bits per heavy atom. The molecule has 0 saturated carbocycles. The molecule has 0 amide bonds. The van der Waals surface area contributed by atoms with Gasteiger partial charge >= 0.3 is 0 Å². The maximum Gasteiger partial charge on any atom is 0.164 e. The minimum Gasteiger partial charge on any atom is -0.456 e. The van der Waals surface area contributed by atoms with E-state index in [0.29, 0.717) is 17.5 Å². The van der Waals surface area contributed by atoms with E-state index in [0.717, 1.165) is 88.0 Å². The summed E-state index contributed by atoms with van der Waals surface area (Å²) in [5.74, 6) is 1.82. The second kappa shape index (κ2) is 14.3. The third-order valence-corrected chi connectivity index (χ3v) is 13.3. The van der Waals surface area contributed by atoms with Crippen molar-refractivity contribution in [3.8, 4) is 51.0 Å². The summed E-state index contributed by atoms with van der Waals surface area (Å²) >= 11 is 0. The molecule has 0 fully saturated rings. The van der Waals surface area contributed by atoms with Gasteiger partial charge in [-0.2, -0.15) is 0 Å². The molecule has 0 N–H and O–H groups in total. The lowest BCUT2D eigenvalue weighted by atomic mass is 9.95. The highest BCUT2D eigenvalue weighted by atomic mass is 16.3. The average Bonchev–Trinajstić information content (AvgIpc) is 3.91. The van der Waals surface area contributed by atoms with Gasteiger partial charge in [0, 0.05) is 43.8 Å². The Morgan fingerprint density at radius 3 is 1.30 bits per heavy atom. The highest BCUT2D eigenvalue weighted by Crippen LogP contribution is 2.44. The van der Waals surface area contributed by atoms with Crippen LogP contribution in [0.15, 0.2) is 223 Å². The number of fused-ring (bicyclic) bond motifs is 10. The number of rotatable bonds is 5. The lowest BCUT2D eigenvalue weighted by molar-refractivity contribution is 0.669. The van der Waals surface area contributed by atoms with Crippen LogP contribution in [-0.2, 0) is 0 Å². The molecule has 11 aromatic carbocycles. The van der Waals surface area contributed by atoms with E-state index in [2.05, 4.69) is 211 Å². The molecule has 0 atom stereocenters. The number of furan rings is 1. The maximum absolute atomic E-state index is 6.55. The van der Waals surface area contributed by atoms with E-state index < -0.39 is 0 Å². The molecule has 0 spiro atoms. The van der Waals surface area contributed by atoms with Crippen LogP contribution in [0.3, 0.4) is 0 Å². The van der Waals surface area contributed by atoms with Gasteiger partial charge in [0.05, 0.1) is 16.7 Å². The molecule has 0 unspecified atom stereocenters. The first-order chi connectivity index (χ1) is 32.7. The first-order valence-corrected chi connectivity index (χ1v) is 22.3. The minimum atomic E-state index is 0.590. The third-order valence-electron chi connectivity index (χ3n) is 13.3. The Balaban J connectivity index is 1.07. The Morgan fingerprint density at radius 2 is 0.742 bits per heavy atom. The van der Waals surface area contributed by atoms with Crippen molar-refractivity contribution in [2.75, 3.05) is 0 Å². The predicted octanol–water partition coefficient (Wildman–Crippen LogP) is 16.1. The van der Waals surface area contributed by atoms with Gasteiger partial charge < -0.3 is 8.98 Å². The molecule has 0 aliphatic carbocycles. The summed E-state index contributed by atoms with van der Waals surface area (Å²) in [5, 5.41) is 13.9. The predicted molar refractivity (Wildman–Crippen MR) is 273 cm³/mol. The molecule has 0 bridgehead atoms. The second-order valence-corrected chi connectivity index (χ2v) is 17.2. The average molecular weight is 841 g/mol. The van der Waals surface area contributed by atoms with E-state index in [1.807, 2.05) is 12.1 Å². The number of aromatic nitrogens is 4. The SMILES string of the molecule is c1ccc2cc(-c3nc(-c4ccc(-n5c6cc7ccccc7cc6c6cc7ccccc7cc65)c(-c5cccc6oc7ccccc7c56)c4)nc(-c4ccc5ccccc5c4)n3)ccc2c1. The summed E-state index contributed by atoms with van der Waals surface area (Å²) in [6, 6.07) is 77.8. The van der Waals surface area contributed by atoms with Crippen molar-refractivity contribution in [2.24, 2.45) is 0 Å². The van der Waals surface area contributed by atoms with Crippen molar-refractivity contribution >= 4 is 86.8 Å². The van der Waals surface area contributed by atoms with Gasteiger partial charge in [-0.3, -0.25) is 0 Å². The van der Waals surface area contributed by atoms with Crippen molar-refractivity contribution in [1.29, 1.82) is 0 Å². The number of hydrogen-bond acceptors (Lipinski definition) is 4. The van der Waals surface area contributed by atoms with Crippen molar-refractivity contribution < 1.29 is 4.42 Å². The molecule has 3 heterocycles. The molecule has 0 aliphatic heterocycles. The van der Waals surface area contributed by atoms with Crippen LogP contribution in [0.1, 0.15) is 0 Å². The van der Waals surface area contributed by atoms with Gasteiger partial charge in [-0.05, 0) is 115 Å². The molecule has 66 heavy (non-hydrogen) atoms. The highest BCUT2D eigenvalue weighted by Gasteiger charge is 2.22. The largest absolute Gasteiger partial charge is 0.456 e. The topological polar surface area (TPSA) is 56.7 Å². The van der Waals surface area contributed by atoms with Crippen LogP contribution in [0.2, 0.25) is 0 Å². The molecule has 306 valence electrons. The minimum absolute atomic E-state index is 0.590. The Hall–Kier alpha value is -8.93. The summed E-state index contributed by atoms with van der Waals surface area (Å²) < 4.78 is 9.00. The molecular formula is C61H36N4O. The Bertz CT molecular complexity index is 4120. The summed E-state index contributed by atoms with van der Waals surface area (Å²) in [4.78, 5) is 15.8. The van der Waals surface area contributed by atoms with Crippen LogP contribution in [0.25, 0.3) is 138 Å². The Labute approximate surface area is 378 Å². The fraction of sp³-hybridized carbons (Fsp3) is 0. The van der Waals surface area contributed by atoms with Crippen LogP contribution >= 0.6 is 0 Å². The molecule has 0 radical (unpaired) electrons. The van der Waals surface area contributed by atoms with Gasteiger partial charge in [0.15, 0.2) is 17.5 Å². The molecule has 3 aromatic heterocycles. The Kier molecular flexibility index (Phi) is 7.91. The van der Waals surface area contributed by atoms with Crippen molar-refractivity contribution in [3.63, 3.8) is 0 Å². The first kappa shape index (κ1) is 36.5. The quantitative estimate of drug-likeness (QED) is 0.173. The van der Waals surface area contributed by atoms with Gasteiger partial charge in [-0.1, -0.05) is 152 Å². The van der Waals surface area contributed by atoms with Gasteiger partial charge in [0.1, 0.15) is 11.2 Å². The standard InChI is InChI=1S/C61H36N4O/c1-3-14-39-30-45(26-24-37(39)12-1)59-62-60(46-27-25-38-13-2-4-15-40(38)31-46)64-61(63-59)47-28-29-53(50(34-47)48-21-11-23-57-58(48)49-20-9-10-22-56(49)66-57)65-54-35-43-18-7-5-16-41(43)32-51(54)52-33-42-17-6-8-19-44(42)36-55(52)65/h1-36H. The van der Waals surface area contributed by atoms with Crippen LogP contribution in [-0.4, -0.2) is 19.5 Å². The van der Waals surface area contributed by atoms with E-state index in [-0.39, 0.29) is 0 Å². The fourth-order valence-corrected chi connectivity index (χ4v) is 10.2. The smallest absolute Gasteiger partial charge is 0.164 e. The number of nitrogens with zero attached hydrogens (tertiary/aromatic N) is 4. The van der Waals surface area contributed by atoms with Crippen molar-refractivity contribution in [2.45, 2.75) is 0 Å². The van der Waals surface area contributed by atoms with E-state index in [4.69, 9.17) is 19.4 Å². The highest BCUT2D eigenvalue weighted by molar-refractivity contribution is 6.18. The second-order valence-electron chi connectivity index (χ2n) is 17.2. The first-order valence-electron chi connectivity index (χ1n) is 22.3. The zero-order valence-corrected chi connectivity index (χ0v) is 35.5. The van der Waals surface area contributed by atoms with E-state index >= 15 is 0 Å². The van der Waals surface area contributed by atoms with Gasteiger partial charge in [0.2, 0.25) is 0 Å². The monoisotopic (exact) mass is 840 g/mol. The van der Waals surface area contributed by atoms with E-state index in [9.17, 15) is 0 Å². The number of para-hydroxylation sites is 1. The fourth-order valence-electron chi connectivity index (χ4n) is 10.2. The van der Waals surface area contributed by atoms with Crippen LogP contribution in [0.5, 0.6) is 0 Å². The van der Waals surface area contributed by atoms with Gasteiger partial charge in [-0.15, -0.1) is 0 Å². The molecule has 0 saturated heterocycles. The summed E-state index contributed by atoms with van der Waals surface area (Å²) in [5.41, 5.74) is 9.82. The lowest BCUT2D eigenvalue weighted by Gasteiger charge is -2.17. The van der Waals surface area contributed by atoms with E-state index in [1.165, 1.54) is 32.3 Å². The van der Waals surface area contributed by atoms with Crippen molar-refractivity contribution in [3.05, 3.63) is 218 Å². The van der Waals surface area contributed by atoms with E-state index in [1.54, 1.807) is 0 Å². The zero-order valence-electron chi connectivity index (χ0n) is 35.5. The molecule has 5 nitrogen and oxygen atoms in total. The third kappa shape index (κ3) is 5.77. The lowest BCUT2D eigenvalue weighted by Crippen LogP contribution is -2.02. The molecular weight excluding hydrogens is 805 g/mol. The molecule has 5 heteroatoms. The zero-order chi connectivity index (χ0) is 43.3. The molecule has 0 aliphatic rings.